The first-order valence-corrected chi connectivity index (χ1v) is 10.1. The van der Waals surface area contributed by atoms with E-state index in [1.54, 1.807) is 0 Å². The molecule has 3 aliphatic heterocycles. The fourth-order valence-electron chi connectivity index (χ4n) is 4.57. The molecule has 0 radical (unpaired) electrons. The van der Waals surface area contributed by atoms with E-state index in [2.05, 4.69) is 25.6 Å². The molecule has 1 unspecified atom stereocenters. The van der Waals surface area contributed by atoms with E-state index in [9.17, 15) is 4.79 Å². The minimum Gasteiger partial charge on any atom is -0.328 e. The van der Waals surface area contributed by atoms with Gasteiger partial charge in [-0.05, 0) is 48.8 Å². The number of nitrogens with one attached hydrogen (secondary N) is 4. The molecule has 5 heterocycles. The van der Waals surface area contributed by atoms with Gasteiger partial charge >= 0.3 is 0 Å². The number of nitrogens with zero attached hydrogens (tertiary/aromatic N) is 4. The lowest BCUT2D eigenvalue weighted by Gasteiger charge is -2.29. The SMILES string of the molecule is O=C1CC2CC=C1C1=C2C2=NC1=Nc1ccc([nH]1)Nc1ccc([nH]1)NC1=NC(=N2)C=C1. The van der Waals surface area contributed by atoms with Crippen LogP contribution < -0.4 is 10.6 Å². The van der Waals surface area contributed by atoms with Gasteiger partial charge in [-0.2, -0.15) is 0 Å². The van der Waals surface area contributed by atoms with Gasteiger partial charge in [-0.3, -0.25) is 4.79 Å². The van der Waals surface area contributed by atoms with E-state index in [1.165, 1.54) is 0 Å². The fourth-order valence-corrected chi connectivity index (χ4v) is 4.57. The zero-order chi connectivity index (χ0) is 20.5. The van der Waals surface area contributed by atoms with Crippen molar-refractivity contribution in [3.63, 3.8) is 0 Å². The summed E-state index contributed by atoms with van der Waals surface area (Å²) >= 11 is 0. The Morgan fingerprint density at radius 1 is 0.839 bits per heavy atom. The van der Waals surface area contributed by atoms with E-state index in [0.29, 0.717) is 41.2 Å². The molecule has 0 fully saturated rings. The van der Waals surface area contributed by atoms with Gasteiger partial charge in [0.25, 0.3) is 0 Å². The lowest BCUT2D eigenvalue weighted by atomic mass is 9.72. The topological polar surface area (TPSA) is 122 Å². The van der Waals surface area contributed by atoms with Crippen LogP contribution in [0.15, 0.2) is 79.2 Å². The Kier molecular flexibility index (Phi) is 3.13. The average molecular weight is 408 g/mol. The molecule has 0 saturated heterocycles. The van der Waals surface area contributed by atoms with Crippen LogP contribution in [0.3, 0.4) is 0 Å². The maximum atomic E-state index is 12.6. The molecule has 150 valence electrons. The molecule has 9 nitrogen and oxygen atoms in total. The van der Waals surface area contributed by atoms with Crippen molar-refractivity contribution in [1.29, 1.82) is 0 Å². The Morgan fingerprint density at radius 3 is 2.58 bits per heavy atom. The molecule has 4 N–H and O–H groups in total. The number of Topliss-reactive ketones (excluding diaryl/α,β-unsaturated/α-hetero) is 1. The van der Waals surface area contributed by atoms with E-state index in [-0.39, 0.29) is 11.7 Å². The van der Waals surface area contributed by atoms with Gasteiger partial charge in [0.1, 0.15) is 29.1 Å². The van der Waals surface area contributed by atoms with Crippen molar-refractivity contribution in [1.82, 2.24) is 9.97 Å². The number of carbonyl (C=O) groups excluding carboxylic acids is 1. The molecule has 0 saturated carbocycles. The van der Waals surface area contributed by atoms with Crippen molar-refractivity contribution in [3.05, 3.63) is 59.2 Å². The fraction of sp³-hybridized carbons (Fsp3) is 0.136. The van der Waals surface area contributed by atoms with E-state index in [1.807, 2.05) is 42.5 Å². The number of anilines is 3. The number of aromatic nitrogens is 2. The summed E-state index contributed by atoms with van der Waals surface area (Å²) in [4.78, 5) is 37.9. The highest BCUT2D eigenvalue weighted by atomic mass is 16.1. The van der Waals surface area contributed by atoms with Crippen LogP contribution in [0, 0.1) is 5.92 Å². The summed E-state index contributed by atoms with van der Waals surface area (Å²) in [7, 11) is 0. The smallest absolute Gasteiger partial charge is 0.165 e. The van der Waals surface area contributed by atoms with Crippen molar-refractivity contribution in [3.8, 4) is 0 Å². The van der Waals surface area contributed by atoms with Crippen LogP contribution in [0.5, 0.6) is 0 Å². The molecule has 6 aliphatic rings. The lowest BCUT2D eigenvalue weighted by molar-refractivity contribution is -0.116. The molecule has 3 aliphatic carbocycles. The maximum Gasteiger partial charge on any atom is 0.165 e. The molecule has 31 heavy (non-hydrogen) atoms. The molecular formula is C22H16N8O. The zero-order valence-corrected chi connectivity index (χ0v) is 16.2. The van der Waals surface area contributed by atoms with Crippen molar-refractivity contribution in [2.75, 3.05) is 10.6 Å². The van der Waals surface area contributed by atoms with Crippen LogP contribution in [0.4, 0.5) is 23.3 Å². The zero-order valence-electron chi connectivity index (χ0n) is 16.2. The highest BCUT2D eigenvalue weighted by Gasteiger charge is 2.42. The number of ketones is 1. The Balaban J connectivity index is 1.42. The number of fused-ring (bicyclic) bond motifs is 8. The molecule has 0 amide bonds. The van der Waals surface area contributed by atoms with Gasteiger partial charge in [0.05, 0.1) is 0 Å². The maximum absolute atomic E-state index is 12.6. The predicted octanol–water partition coefficient (Wildman–Crippen LogP) is 3.54. The van der Waals surface area contributed by atoms with Crippen LogP contribution in [0.25, 0.3) is 0 Å². The molecule has 2 aromatic heterocycles. The van der Waals surface area contributed by atoms with Crippen molar-refractivity contribution in [2.24, 2.45) is 25.9 Å². The standard InChI is InChI=1S/C22H16N8O/c31-12-9-10-1-2-11(12)20-19(10)21-28-17-7-5-15(26-17)24-13-3-4-14(23-13)25-16-6-8-18(27-16)29-22(20)30-21/h2-8,10,23,25,27H,1,9H2,(H,24,26,28,29,30). The Morgan fingerprint density at radius 2 is 1.68 bits per heavy atom. The first kappa shape index (κ1) is 16.5. The Labute approximate surface area is 176 Å². The van der Waals surface area contributed by atoms with Gasteiger partial charge in [-0.25, -0.2) is 20.0 Å². The molecule has 0 spiro atoms. The molecule has 2 aromatic rings. The number of hydrogen-bond acceptors (Lipinski definition) is 7. The van der Waals surface area contributed by atoms with Gasteiger partial charge in [-0.15, -0.1) is 0 Å². The highest BCUT2D eigenvalue weighted by Crippen LogP contribution is 2.44. The summed E-state index contributed by atoms with van der Waals surface area (Å²) in [6, 6.07) is 7.65. The van der Waals surface area contributed by atoms with Crippen LogP contribution >= 0.6 is 0 Å². The summed E-state index contributed by atoms with van der Waals surface area (Å²) in [5.41, 5.74) is 2.54. The first-order valence-electron chi connectivity index (χ1n) is 10.1. The van der Waals surface area contributed by atoms with Crippen LogP contribution in [-0.4, -0.2) is 39.1 Å². The third kappa shape index (κ3) is 2.53. The van der Waals surface area contributed by atoms with E-state index < -0.39 is 0 Å². The molecule has 1 atom stereocenters. The monoisotopic (exact) mass is 408 g/mol. The van der Waals surface area contributed by atoms with Crippen molar-refractivity contribution >= 4 is 52.4 Å². The van der Waals surface area contributed by atoms with Crippen molar-refractivity contribution < 1.29 is 4.79 Å². The second-order valence-corrected chi connectivity index (χ2v) is 7.93. The van der Waals surface area contributed by atoms with Crippen LogP contribution in [0.1, 0.15) is 12.8 Å². The highest BCUT2D eigenvalue weighted by molar-refractivity contribution is 6.31. The number of hydrogen-bond donors (Lipinski definition) is 4. The minimum absolute atomic E-state index is 0.0859. The van der Waals surface area contributed by atoms with E-state index >= 15 is 0 Å². The van der Waals surface area contributed by atoms with E-state index in [0.717, 1.165) is 35.0 Å². The molecular weight excluding hydrogens is 392 g/mol. The summed E-state index contributed by atoms with van der Waals surface area (Å²) in [6.07, 6.45) is 7.07. The molecule has 8 rings (SSSR count). The second kappa shape index (κ2) is 5.88. The average Bonchev–Trinajstić information content (AvgIpc) is 3.53. The third-order valence-corrected chi connectivity index (χ3v) is 5.92. The molecule has 10 bridgehead atoms. The largest absolute Gasteiger partial charge is 0.328 e. The number of allylic oxidation sites excluding steroid dienone is 1. The van der Waals surface area contributed by atoms with Gasteiger partial charge in [0.2, 0.25) is 0 Å². The number of amidine groups is 4. The summed E-state index contributed by atoms with van der Waals surface area (Å²) in [5.74, 6) is 5.67. The van der Waals surface area contributed by atoms with Crippen LogP contribution in [0.2, 0.25) is 0 Å². The predicted molar refractivity (Wildman–Crippen MR) is 120 cm³/mol. The Bertz CT molecular complexity index is 1400. The van der Waals surface area contributed by atoms with E-state index in [4.69, 9.17) is 15.0 Å². The first-order chi connectivity index (χ1) is 15.2. The number of aromatic amines is 2. The Hall–Kier alpha value is -4.27. The van der Waals surface area contributed by atoms with Crippen LogP contribution in [-0.2, 0) is 4.79 Å². The van der Waals surface area contributed by atoms with Gasteiger partial charge in [-0.1, -0.05) is 6.08 Å². The van der Waals surface area contributed by atoms with Crippen molar-refractivity contribution in [2.45, 2.75) is 12.8 Å². The van der Waals surface area contributed by atoms with Gasteiger partial charge in [0.15, 0.2) is 23.3 Å². The summed E-state index contributed by atoms with van der Waals surface area (Å²) < 4.78 is 0. The normalized spacial score (nSPS) is 22.9. The quantitative estimate of drug-likeness (QED) is 0.533. The lowest BCUT2D eigenvalue weighted by Crippen LogP contribution is -2.28. The van der Waals surface area contributed by atoms with Gasteiger partial charge < -0.3 is 20.6 Å². The molecule has 0 aromatic carbocycles. The number of aliphatic imine (C=N–C) groups is 4. The minimum atomic E-state index is 0.0859. The number of carbonyl (C=O) groups is 1. The third-order valence-electron chi connectivity index (χ3n) is 5.92. The van der Waals surface area contributed by atoms with Gasteiger partial charge in [0, 0.05) is 23.1 Å². The number of H-pyrrole nitrogens is 2. The summed E-state index contributed by atoms with van der Waals surface area (Å²) in [6.45, 7) is 0. The molecule has 9 heteroatoms. The number of rotatable bonds is 0. The summed E-state index contributed by atoms with van der Waals surface area (Å²) in [5, 5.41) is 6.54. The second-order valence-electron chi connectivity index (χ2n) is 7.93.